The second-order valence-corrected chi connectivity index (χ2v) is 2.34. The first kappa shape index (κ1) is 12.9. The highest BCUT2D eigenvalue weighted by Gasteiger charge is 2.02. The molecule has 0 aliphatic rings. The molecule has 6 heteroatoms. The number of hydrogen-bond acceptors (Lipinski definition) is 6. The molecule has 14 heavy (non-hydrogen) atoms. The minimum Gasteiger partial charge on any atom is -0.462 e. The summed E-state index contributed by atoms with van der Waals surface area (Å²) in [5, 5.41) is 8.32. The third kappa shape index (κ3) is 8.95. The molecule has 0 heterocycles. The average molecular weight is 206 g/mol. The Morgan fingerprint density at radius 2 is 1.79 bits per heavy atom. The highest BCUT2D eigenvalue weighted by Crippen LogP contribution is 1.83. The molecule has 0 aromatic heterocycles. The summed E-state index contributed by atoms with van der Waals surface area (Å²) >= 11 is 0. The molecular weight excluding hydrogens is 192 g/mol. The summed E-state index contributed by atoms with van der Waals surface area (Å²) in [6.07, 6.45) is 0. The lowest BCUT2D eigenvalue weighted by molar-refractivity contribution is -0.154. The Morgan fingerprint density at radius 1 is 1.14 bits per heavy atom. The highest BCUT2D eigenvalue weighted by molar-refractivity contribution is 5.70. The number of carbonyl (C=O) groups excluding carboxylic acids is 2. The maximum atomic E-state index is 10.8. The molecule has 6 nitrogen and oxygen atoms in total. The van der Waals surface area contributed by atoms with Crippen molar-refractivity contribution in [2.45, 2.75) is 6.92 Å². The fraction of sp³-hybridized carbons (Fsp3) is 0.750. The molecule has 0 aliphatic heterocycles. The molecule has 0 fully saturated rings. The molecule has 0 bridgehead atoms. The molecule has 0 aliphatic carbocycles. The molecule has 0 aromatic carbocycles. The van der Waals surface area contributed by atoms with Crippen molar-refractivity contribution in [3.05, 3.63) is 0 Å². The van der Waals surface area contributed by atoms with Crippen molar-refractivity contribution in [3.63, 3.8) is 0 Å². The van der Waals surface area contributed by atoms with E-state index in [0.717, 1.165) is 0 Å². The Morgan fingerprint density at radius 3 is 2.36 bits per heavy atom. The van der Waals surface area contributed by atoms with Gasteiger partial charge in [0, 0.05) is 6.92 Å². The van der Waals surface area contributed by atoms with Crippen LogP contribution in [0, 0.1) is 0 Å². The summed E-state index contributed by atoms with van der Waals surface area (Å²) in [6, 6.07) is 0. The third-order valence-corrected chi connectivity index (χ3v) is 1.11. The van der Waals surface area contributed by atoms with Crippen LogP contribution in [0.25, 0.3) is 0 Å². The van der Waals surface area contributed by atoms with Gasteiger partial charge in [-0.25, -0.2) is 4.79 Å². The normalized spacial score (nSPS) is 9.57. The van der Waals surface area contributed by atoms with Gasteiger partial charge in [0.15, 0.2) is 0 Å². The van der Waals surface area contributed by atoms with Crippen LogP contribution in [0.4, 0.5) is 0 Å². The van der Waals surface area contributed by atoms with Gasteiger partial charge in [0.1, 0.15) is 19.8 Å². The molecule has 0 atom stereocenters. The Hall–Kier alpha value is -1.14. The van der Waals surface area contributed by atoms with Gasteiger partial charge in [-0.15, -0.1) is 0 Å². The number of hydrogen-bond donors (Lipinski definition) is 1. The molecule has 0 radical (unpaired) electrons. The number of carbonyl (C=O) groups is 2. The summed E-state index contributed by atoms with van der Waals surface area (Å²) < 4.78 is 13.8. The van der Waals surface area contributed by atoms with Gasteiger partial charge in [-0.1, -0.05) is 0 Å². The average Bonchev–Trinajstić information content (AvgIpc) is 2.13. The number of rotatable bonds is 7. The van der Waals surface area contributed by atoms with Crippen LogP contribution in [0.5, 0.6) is 0 Å². The van der Waals surface area contributed by atoms with E-state index in [-0.39, 0.29) is 33.0 Å². The smallest absolute Gasteiger partial charge is 0.332 e. The van der Waals surface area contributed by atoms with Crippen molar-refractivity contribution in [1.82, 2.24) is 0 Å². The minimum atomic E-state index is -0.550. The molecule has 0 saturated heterocycles. The predicted molar refractivity (Wildman–Crippen MR) is 45.5 cm³/mol. The van der Waals surface area contributed by atoms with E-state index in [0.29, 0.717) is 0 Å². The fourth-order valence-corrected chi connectivity index (χ4v) is 0.603. The largest absolute Gasteiger partial charge is 0.462 e. The summed E-state index contributed by atoms with van der Waals surface area (Å²) in [6.45, 7) is 1.08. The van der Waals surface area contributed by atoms with Crippen LogP contribution in [0.2, 0.25) is 0 Å². The number of esters is 2. The van der Waals surface area contributed by atoms with Gasteiger partial charge in [0.05, 0.1) is 13.2 Å². The molecule has 0 amide bonds. The topological polar surface area (TPSA) is 82.1 Å². The first-order valence-electron chi connectivity index (χ1n) is 4.14. The van der Waals surface area contributed by atoms with Crippen LogP contribution >= 0.6 is 0 Å². The second kappa shape index (κ2) is 8.46. The van der Waals surface area contributed by atoms with Gasteiger partial charge in [0.2, 0.25) is 0 Å². The predicted octanol–water partition coefficient (Wildman–Crippen LogP) is -0.898. The molecule has 0 unspecified atom stereocenters. The molecule has 1 N–H and O–H groups in total. The Balaban J connectivity index is 3.22. The van der Waals surface area contributed by atoms with Crippen molar-refractivity contribution < 1.29 is 28.9 Å². The quantitative estimate of drug-likeness (QED) is 0.429. The van der Waals surface area contributed by atoms with Crippen LogP contribution in [-0.2, 0) is 23.8 Å². The number of aliphatic hydroxyl groups is 1. The standard InChI is InChI=1S/C8H14O6/c1-7(10)13-4-5-14-8(11)6-12-3-2-9/h9H,2-6H2,1H3. The van der Waals surface area contributed by atoms with E-state index in [1.807, 2.05) is 0 Å². The van der Waals surface area contributed by atoms with Gasteiger partial charge in [0.25, 0.3) is 0 Å². The van der Waals surface area contributed by atoms with Crippen LogP contribution in [-0.4, -0.2) is 50.1 Å². The Labute approximate surface area is 81.8 Å². The second-order valence-electron chi connectivity index (χ2n) is 2.34. The van der Waals surface area contributed by atoms with E-state index in [9.17, 15) is 9.59 Å². The SMILES string of the molecule is CC(=O)OCCOC(=O)COCCO. The van der Waals surface area contributed by atoms with Crippen LogP contribution in [0.15, 0.2) is 0 Å². The van der Waals surface area contributed by atoms with Crippen molar-refractivity contribution in [2.24, 2.45) is 0 Å². The van der Waals surface area contributed by atoms with Crippen molar-refractivity contribution >= 4 is 11.9 Å². The van der Waals surface area contributed by atoms with Crippen LogP contribution in [0.1, 0.15) is 6.92 Å². The number of ether oxygens (including phenoxy) is 3. The maximum absolute atomic E-state index is 10.8. The number of aliphatic hydroxyl groups excluding tert-OH is 1. The van der Waals surface area contributed by atoms with E-state index >= 15 is 0 Å². The van der Waals surface area contributed by atoms with Crippen molar-refractivity contribution in [3.8, 4) is 0 Å². The highest BCUT2D eigenvalue weighted by atomic mass is 16.6. The lowest BCUT2D eigenvalue weighted by Crippen LogP contribution is -2.17. The molecule has 82 valence electrons. The monoisotopic (exact) mass is 206 g/mol. The first-order chi connectivity index (χ1) is 6.66. The van der Waals surface area contributed by atoms with E-state index in [4.69, 9.17) is 9.84 Å². The zero-order valence-electron chi connectivity index (χ0n) is 8.02. The lowest BCUT2D eigenvalue weighted by Gasteiger charge is -2.04. The fourth-order valence-electron chi connectivity index (χ4n) is 0.603. The Bertz CT molecular complexity index is 179. The van der Waals surface area contributed by atoms with Gasteiger partial charge in [-0.2, -0.15) is 0 Å². The zero-order valence-corrected chi connectivity index (χ0v) is 8.02. The van der Waals surface area contributed by atoms with E-state index in [1.54, 1.807) is 0 Å². The summed E-state index contributed by atoms with van der Waals surface area (Å²) in [4.78, 5) is 21.1. The van der Waals surface area contributed by atoms with Gasteiger partial charge in [-0.05, 0) is 0 Å². The summed E-state index contributed by atoms with van der Waals surface area (Å²) in [5.74, 6) is -0.969. The first-order valence-corrected chi connectivity index (χ1v) is 4.14. The minimum absolute atomic E-state index is 0.0148. The van der Waals surface area contributed by atoms with E-state index in [1.165, 1.54) is 6.92 Å². The molecular formula is C8H14O6. The van der Waals surface area contributed by atoms with Gasteiger partial charge < -0.3 is 19.3 Å². The van der Waals surface area contributed by atoms with Crippen LogP contribution in [0.3, 0.4) is 0 Å². The summed E-state index contributed by atoms with van der Waals surface area (Å²) in [7, 11) is 0. The van der Waals surface area contributed by atoms with Gasteiger partial charge in [-0.3, -0.25) is 4.79 Å². The maximum Gasteiger partial charge on any atom is 0.332 e. The molecule has 0 saturated carbocycles. The summed E-state index contributed by atoms with van der Waals surface area (Å²) in [5.41, 5.74) is 0. The molecule has 0 spiro atoms. The Kier molecular flexibility index (Phi) is 7.77. The van der Waals surface area contributed by atoms with Crippen molar-refractivity contribution in [2.75, 3.05) is 33.0 Å². The third-order valence-electron chi connectivity index (χ3n) is 1.11. The molecule has 0 aromatic rings. The van der Waals surface area contributed by atoms with Gasteiger partial charge >= 0.3 is 11.9 Å². The van der Waals surface area contributed by atoms with Crippen molar-refractivity contribution in [1.29, 1.82) is 0 Å². The van der Waals surface area contributed by atoms with Crippen LogP contribution < -0.4 is 0 Å². The lowest BCUT2D eigenvalue weighted by atomic mass is 10.7. The molecule has 0 rings (SSSR count). The zero-order chi connectivity index (χ0) is 10.8. The van der Waals surface area contributed by atoms with E-state index < -0.39 is 11.9 Å². The van der Waals surface area contributed by atoms with E-state index in [2.05, 4.69) is 9.47 Å².